The van der Waals surface area contributed by atoms with Gasteiger partial charge in [-0.05, 0) is 30.2 Å². The maximum atomic E-state index is 13.1. The van der Waals surface area contributed by atoms with E-state index in [0.29, 0.717) is 5.02 Å². The third-order valence-corrected chi connectivity index (χ3v) is 4.71. The molecule has 1 fully saturated rings. The summed E-state index contributed by atoms with van der Waals surface area (Å²) in [6.07, 6.45) is 0. The van der Waals surface area contributed by atoms with Gasteiger partial charge < -0.3 is 0 Å². The van der Waals surface area contributed by atoms with E-state index in [9.17, 15) is 4.39 Å². The fraction of sp³-hybridized carbons (Fsp3) is 0.368. The van der Waals surface area contributed by atoms with Gasteiger partial charge in [0.05, 0.1) is 0 Å². The van der Waals surface area contributed by atoms with Crippen LogP contribution in [-0.4, -0.2) is 36.0 Å². The number of halogens is 2. The highest BCUT2D eigenvalue weighted by Crippen LogP contribution is 2.20. The first-order valence-corrected chi connectivity index (χ1v) is 8.42. The molecule has 0 amide bonds. The Kier molecular flexibility index (Phi) is 5.31. The van der Waals surface area contributed by atoms with Crippen molar-refractivity contribution in [3.8, 4) is 0 Å². The summed E-state index contributed by atoms with van der Waals surface area (Å²) in [7, 11) is 0. The topological polar surface area (TPSA) is 6.48 Å². The SMILES string of the molecule is Cc1cccc(CN2CCN(Cc3ccc(F)cc3Cl)CC2)c1. The van der Waals surface area contributed by atoms with E-state index in [2.05, 4.69) is 41.0 Å². The third kappa shape index (κ3) is 4.54. The minimum Gasteiger partial charge on any atom is -0.297 e. The molecule has 0 spiro atoms. The van der Waals surface area contributed by atoms with Crippen molar-refractivity contribution < 1.29 is 4.39 Å². The number of nitrogens with zero attached hydrogens (tertiary/aromatic N) is 2. The van der Waals surface area contributed by atoms with Crippen LogP contribution in [0, 0.1) is 12.7 Å². The van der Waals surface area contributed by atoms with E-state index >= 15 is 0 Å². The van der Waals surface area contributed by atoms with Crippen molar-refractivity contribution in [3.05, 3.63) is 70.0 Å². The average Bonchev–Trinajstić information content (AvgIpc) is 2.52. The van der Waals surface area contributed by atoms with Gasteiger partial charge in [-0.25, -0.2) is 4.39 Å². The summed E-state index contributed by atoms with van der Waals surface area (Å²) in [5, 5.41) is 0.521. The van der Waals surface area contributed by atoms with Crippen molar-refractivity contribution in [2.75, 3.05) is 26.2 Å². The lowest BCUT2D eigenvalue weighted by Gasteiger charge is -2.35. The maximum Gasteiger partial charge on any atom is 0.124 e. The lowest BCUT2D eigenvalue weighted by Crippen LogP contribution is -2.45. The fourth-order valence-corrected chi connectivity index (χ4v) is 3.29. The lowest BCUT2D eigenvalue weighted by molar-refractivity contribution is 0.122. The van der Waals surface area contributed by atoms with Gasteiger partial charge in [-0.2, -0.15) is 0 Å². The molecule has 0 aromatic heterocycles. The van der Waals surface area contributed by atoms with Crippen molar-refractivity contribution in [3.63, 3.8) is 0 Å². The molecule has 3 rings (SSSR count). The fourth-order valence-electron chi connectivity index (χ4n) is 3.07. The largest absolute Gasteiger partial charge is 0.297 e. The summed E-state index contributed by atoms with van der Waals surface area (Å²) in [4.78, 5) is 4.86. The Bertz CT molecular complexity index is 666. The van der Waals surface area contributed by atoms with E-state index in [0.717, 1.165) is 44.8 Å². The van der Waals surface area contributed by atoms with Crippen LogP contribution in [0.5, 0.6) is 0 Å². The molecule has 2 aromatic rings. The van der Waals surface area contributed by atoms with Crippen molar-refractivity contribution in [2.45, 2.75) is 20.0 Å². The number of benzene rings is 2. The molecule has 0 unspecified atom stereocenters. The van der Waals surface area contributed by atoms with Gasteiger partial charge in [0.1, 0.15) is 5.82 Å². The first-order valence-electron chi connectivity index (χ1n) is 8.04. The molecule has 1 saturated heterocycles. The Labute approximate surface area is 142 Å². The van der Waals surface area contributed by atoms with E-state index in [1.54, 1.807) is 6.07 Å². The minimum absolute atomic E-state index is 0.276. The second-order valence-electron chi connectivity index (χ2n) is 6.28. The van der Waals surface area contributed by atoms with Crippen LogP contribution in [0.15, 0.2) is 42.5 Å². The van der Waals surface area contributed by atoms with Crippen molar-refractivity contribution in [1.29, 1.82) is 0 Å². The molecule has 0 saturated carbocycles. The van der Waals surface area contributed by atoms with E-state index in [1.165, 1.54) is 23.3 Å². The monoisotopic (exact) mass is 332 g/mol. The minimum atomic E-state index is -0.276. The molecule has 23 heavy (non-hydrogen) atoms. The number of rotatable bonds is 4. The molecule has 0 bridgehead atoms. The predicted molar refractivity (Wildman–Crippen MR) is 93.1 cm³/mol. The summed E-state index contributed by atoms with van der Waals surface area (Å²) < 4.78 is 13.1. The van der Waals surface area contributed by atoms with Gasteiger partial charge in [0, 0.05) is 44.3 Å². The van der Waals surface area contributed by atoms with Crippen LogP contribution in [0.1, 0.15) is 16.7 Å². The number of hydrogen-bond acceptors (Lipinski definition) is 2. The zero-order valence-electron chi connectivity index (χ0n) is 13.4. The second-order valence-corrected chi connectivity index (χ2v) is 6.68. The molecule has 0 radical (unpaired) electrons. The Hall–Kier alpha value is -1.42. The Morgan fingerprint density at radius 2 is 1.65 bits per heavy atom. The van der Waals surface area contributed by atoms with Gasteiger partial charge in [0.2, 0.25) is 0 Å². The highest BCUT2D eigenvalue weighted by atomic mass is 35.5. The van der Waals surface area contributed by atoms with Gasteiger partial charge in [-0.15, -0.1) is 0 Å². The first kappa shape index (κ1) is 16.4. The van der Waals surface area contributed by atoms with Gasteiger partial charge in [0.25, 0.3) is 0 Å². The van der Waals surface area contributed by atoms with Crippen LogP contribution in [0.2, 0.25) is 5.02 Å². The van der Waals surface area contributed by atoms with Crippen molar-refractivity contribution >= 4 is 11.6 Å². The molecule has 0 aliphatic carbocycles. The van der Waals surface area contributed by atoms with E-state index < -0.39 is 0 Å². The average molecular weight is 333 g/mol. The van der Waals surface area contributed by atoms with Crippen LogP contribution in [0.25, 0.3) is 0 Å². The Balaban J connectivity index is 1.52. The molecule has 122 valence electrons. The zero-order valence-corrected chi connectivity index (χ0v) is 14.2. The zero-order chi connectivity index (χ0) is 16.2. The Morgan fingerprint density at radius 3 is 2.30 bits per heavy atom. The standard InChI is InChI=1S/C19H22ClFN2/c1-15-3-2-4-16(11-15)13-22-7-9-23(10-8-22)14-17-5-6-18(21)12-19(17)20/h2-6,11-12H,7-10,13-14H2,1H3. The van der Waals surface area contributed by atoms with Crippen LogP contribution < -0.4 is 0 Å². The summed E-state index contributed by atoms with van der Waals surface area (Å²) >= 11 is 6.12. The molecule has 0 N–H and O–H groups in total. The Morgan fingerprint density at radius 1 is 0.957 bits per heavy atom. The smallest absolute Gasteiger partial charge is 0.124 e. The number of hydrogen-bond donors (Lipinski definition) is 0. The summed E-state index contributed by atoms with van der Waals surface area (Å²) in [6.45, 7) is 8.05. The first-order chi connectivity index (χ1) is 11.1. The molecule has 4 heteroatoms. The number of piperazine rings is 1. The molecular weight excluding hydrogens is 311 g/mol. The van der Waals surface area contributed by atoms with Crippen LogP contribution in [-0.2, 0) is 13.1 Å². The third-order valence-electron chi connectivity index (χ3n) is 4.36. The molecule has 1 aliphatic rings. The van der Waals surface area contributed by atoms with Gasteiger partial charge >= 0.3 is 0 Å². The second kappa shape index (κ2) is 7.43. The van der Waals surface area contributed by atoms with Gasteiger partial charge in [0.15, 0.2) is 0 Å². The highest BCUT2D eigenvalue weighted by Gasteiger charge is 2.18. The summed E-state index contributed by atoms with van der Waals surface area (Å²) in [6, 6.07) is 13.4. The molecular formula is C19H22ClFN2. The summed E-state index contributed by atoms with van der Waals surface area (Å²) in [5.41, 5.74) is 3.69. The van der Waals surface area contributed by atoms with Crippen molar-refractivity contribution in [2.24, 2.45) is 0 Å². The summed E-state index contributed by atoms with van der Waals surface area (Å²) in [5.74, 6) is -0.276. The molecule has 1 heterocycles. The quantitative estimate of drug-likeness (QED) is 0.831. The van der Waals surface area contributed by atoms with E-state index in [1.807, 2.05) is 0 Å². The molecule has 2 nitrogen and oxygen atoms in total. The molecule has 2 aromatic carbocycles. The van der Waals surface area contributed by atoms with Gasteiger partial charge in [-0.3, -0.25) is 9.80 Å². The predicted octanol–water partition coefficient (Wildman–Crippen LogP) is 4.11. The van der Waals surface area contributed by atoms with E-state index in [-0.39, 0.29) is 5.82 Å². The van der Waals surface area contributed by atoms with Gasteiger partial charge in [-0.1, -0.05) is 47.5 Å². The number of aryl methyl sites for hydroxylation is 1. The van der Waals surface area contributed by atoms with E-state index in [4.69, 9.17) is 11.6 Å². The maximum absolute atomic E-state index is 13.1. The highest BCUT2D eigenvalue weighted by molar-refractivity contribution is 6.31. The normalized spacial score (nSPS) is 16.7. The van der Waals surface area contributed by atoms with Crippen molar-refractivity contribution in [1.82, 2.24) is 9.80 Å². The van der Waals surface area contributed by atoms with Crippen LogP contribution in [0.3, 0.4) is 0 Å². The van der Waals surface area contributed by atoms with Crippen LogP contribution >= 0.6 is 11.6 Å². The molecule has 0 atom stereocenters. The lowest BCUT2D eigenvalue weighted by atomic mass is 10.1. The van der Waals surface area contributed by atoms with Crippen LogP contribution in [0.4, 0.5) is 4.39 Å². The molecule has 1 aliphatic heterocycles.